The highest BCUT2D eigenvalue weighted by molar-refractivity contribution is 5.96. The molecule has 0 aromatic heterocycles. The van der Waals surface area contributed by atoms with Crippen LogP contribution in [-0.2, 0) is 0 Å². The monoisotopic (exact) mass is 364 g/mol. The number of fused-ring (bicyclic) bond motifs is 1. The first kappa shape index (κ1) is 17.7. The Balaban J connectivity index is 1.91. The Kier molecular flexibility index (Phi) is 4.79. The number of carbonyl (C=O) groups excluding carboxylic acids is 1. The van der Waals surface area contributed by atoms with Crippen LogP contribution in [0, 0.1) is 23.3 Å². The number of esters is 1. The quantitative estimate of drug-likeness (QED) is 0.371. The predicted octanol–water partition coefficient (Wildman–Crippen LogP) is 5.01. The van der Waals surface area contributed by atoms with Crippen molar-refractivity contribution >= 4 is 16.7 Å². The van der Waals surface area contributed by atoms with E-state index in [2.05, 4.69) is 0 Å². The lowest BCUT2D eigenvalue weighted by Gasteiger charge is -2.10. The van der Waals surface area contributed by atoms with Crippen molar-refractivity contribution in [3.8, 4) is 11.5 Å². The summed E-state index contributed by atoms with van der Waals surface area (Å²) in [6.07, 6.45) is 0. The zero-order valence-corrected chi connectivity index (χ0v) is 13.5. The summed E-state index contributed by atoms with van der Waals surface area (Å²) < 4.78 is 64.3. The molecule has 0 spiro atoms. The van der Waals surface area contributed by atoms with Crippen LogP contribution in [0.15, 0.2) is 42.5 Å². The van der Waals surface area contributed by atoms with E-state index in [4.69, 9.17) is 9.47 Å². The van der Waals surface area contributed by atoms with Crippen molar-refractivity contribution in [2.45, 2.75) is 6.92 Å². The van der Waals surface area contributed by atoms with E-state index in [0.29, 0.717) is 5.39 Å². The van der Waals surface area contributed by atoms with Crippen molar-refractivity contribution < 1.29 is 31.8 Å². The van der Waals surface area contributed by atoms with E-state index in [1.165, 1.54) is 18.2 Å². The van der Waals surface area contributed by atoms with Crippen LogP contribution in [0.1, 0.15) is 17.3 Å². The van der Waals surface area contributed by atoms with Crippen LogP contribution in [0.3, 0.4) is 0 Å². The Labute approximate surface area is 145 Å². The van der Waals surface area contributed by atoms with Crippen molar-refractivity contribution in [1.29, 1.82) is 0 Å². The molecule has 3 aromatic rings. The van der Waals surface area contributed by atoms with Gasteiger partial charge in [0.25, 0.3) is 0 Å². The number of hydrogen-bond acceptors (Lipinski definition) is 3. The van der Waals surface area contributed by atoms with Crippen LogP contribution in [-0.4, -0.2) is 12.6 Å². The number of hydrogen-bond donors (Lipinski definition) is 0. The summed E-state index contributed by atoms with van der Waals surface area (Å²) >= 11 is 0. The summed E-state index contributed by atoms with van der Waals surface area (Å²) in [5.41, 5.74) is -0.0730. The van der Waals surface area contributed by atoms with Gasteiger partial charge in [0.2, 0.25) is 5.75 Å². The normalized spacial score (nSPS) is 10.8. The van der Waals surface area contributed by atoms with Gasteiger partial charge in [-0.1, -0.05) is 6.07 Å². The maximum absolute atomic E-state index is 14.0. The van der Waals surface area contributed by atoms with Gasteiger partial charge in [-0.25, -0.2) is 22.4 Å². The Bertz CT molecular complexity index is 978. The smallest absolute Gasteiger partial charge is 0.343 e. The maximum Gasteiger partial charge on any atom is 0.343 e. The average molecular weight is 364 g/mol. The molecule has 0 N–H and O–H groups in total. The third-order valence-electron chi connectivity index (χ3n) is 3.59. The van der Waals surface area contributed by atoms with E-state index < -0.39 is 35.0 Å². The molecule has 0 radical (unpaired) electrons. The molecule has 0 aliphatic rings. The molecular weight excluding hydrogens is 352 g/mol. The van der Waals surface area contributed by atoms with E-state index in [-0.39, 0.29) is 23.3 Å². The Morgan fingerprint density at radius 1 is 0.846 bits per heavy atom. The molecule has 3 rings (SSSR count). The molecule has 0 amide bonds. The van der Waals surface area contributed by atoms with Crippen LogP contribution in [0.5, 0.6) is 11.5 Å². The number of benzene rings is 3. The van der Waals surface area contributed by atoms with Gasteiger partial charge in [0, 0.05) is 12.1 Å². The highest BCUT2D eigenvalue weighted by Gasteiger charge is 2.19. The second-order valence-electron chi connectivity index (χ2n) is 5.37. The highest BCUT2D eigenvalue weighted by atomic mass is 19.2. The SMILES string of the molecule is CCOc1cc(F)c(OC(=O)c2ccc3cc(F)c(F)cc3c2)c(F)c1. The molecule has 3 nitrogen and oxygen atoms in total. The Morgan fingerprint density at radius 3 is 2.08 bits per heavy atom. The van der Waals surface area contributed by atoms with Gasteiger partial charge in [-0.05, 0) is 42.0 Å². The summed E-state index contributed by atoms with van der Waals surface area (Å²) in [6.45, 7) is 1.87. The third kappa shape index (κ3) is 3.46. The van der Waals surface area contributed by atoms with Crippen LogP contribution in [0.4, 0.5) is 17.6 Å². The molecule has 0 heterocycles. The molecule has 0 unspecified atom stereocenters. The summed E-state index contributed by atoms with van der Waals surface area (Å²) in [5, 5.41) is 0.602. The molecule has 0 saturated carbocycles. The van der Waals surface area contributed by atoms with Crippen molar-refractivity contribution in [3.63, 3.8) is 0 Å². The van der Waals surface area contributed by atoms with Gasteiger partial charge in [0.1, 0.15) is 5.75 Å². The van der Waals surface area contributed by atoms with Crippen molar-refractivity contribution in [1.82, 2.24) is 0 Å². The average Bonchev–Trinajstić information content (AvgIpc) is 2.59. The first-order chi connectivity index (χ1) is 12.4. The second-order valence-corrected chi connectivity index (χ2v) is 5.37. The van der Waals surface area contributed by atoms with Gasteiger partial charge in [0.05, 0.1) is 12.2 Å². The summed E-state index contributed by atoms with van der Waals surface area (Å²) in [5.74, 6) is -6.25. The number of ether oxygens (including phenoxy) is 2. The van der Waals surface area contributed by atoms with Crippen LogP contribution >= 0.6 is 0 Å². The number of rotatable bonds is 4. The molecule has 0 aliphatic heterocycles. The molecule has 134 valence electrons. The number of carbonyl (C=O) groups is 1. The second kappa shape index (κ2) is 7.03. The lowest BCUT2D eigenvalue weighted by atomic mass is 10.1. The lowest BCUT2D eigenvalue weighted by Crippen LogP contribution is -2.11. The minimum absolute atomic E-state index is 0.0366. The van der Waals surface area contributed by atoms with Crippen LogP contribution < -0.4 is 9.47 Å². The molecular formula is C19H12F4O3. The van der Waals surface area contributed by atoms with E-state index in [9.17, 15) is 22.4 Å². The minimum Gasteiger partial charge on any atom is -0.494 e. The summed E-state index contributed by atoms with van der Waals surface area (Å²) in [4.78, 5) is 12.2. The van der Waals surface area contributed by atoms with Crippen molar-refractivity contribution in [2.75, 3.05) is 6.61 Å². The van der Waals surface area contributed by atoms with Gasteiger partial charge in [-0.15, -0.1) is 0 Å². The molecule has 0 saturated heterocycles. The van der Waals surface area contributed by atoms with Gasteiger partial charge in [-0.3, -0.25) is 0 Å². The highest BCUT2D eigenvalue weighted by Crippen LogP contribution is 2.28. The summed E-state index contributed by atoms with van der Waals surface area (Å²) in [7, 11) is 0. The Morgan fingerprint density at radius 2 is 1.46 bits per heavy atom. The standard InChI is InChI=1S/C19H12F4O3/c1-2-25-13-8-16(22)18(17(23)9-13)26-19(24)11-4-3-10-6-14(20)15(21)7-12(10)5-11/h3-9H,2H2,1H3. The molecule has 3 aromatic carbocycles. The maximum atomic E-state index is 14.0. The van der Waals surface area contributed by atoms with Crippen LogP contribution in [0.25, 0.3) is 10.8 Å². The lowest BCUT2D eigenvalue weighted by molar-refractivity contribution is 0.0720. The van der Waals surface area contributed by atoms with Gasteiger partial charge >= 0.3 is 5.97 Å². The van der Waals surface area contributed by atoms with E-state index in [1.54, 1.807) is 6.92 Å². The van der Waals surface area contributed by atoms with Gasteiger partial charge < -0.3 is 9.47 Å². The number of halogens is 4. The van der Waals surface area contributed by atoms with E-state index in [0.717, 1.165) is 24.3 Å². The first-order valence-corrected chi connectivity index (χ1v) is 7.62. The van der Waals surface area contributed by atoms with Crippen molar-refractivity contribution in [3.05, 3.63) is 71.3 Å². The van der Waals surface area contributed by atoms with Gasteiger partial charge in [0.15, 0.2) is 23.3 Å². The topological polar surface area (TPSA) is 35.5 Å². The largest absolute Gasteiger partial charge is 0.494 e. The fraction of sp³-hybridized carbons (Fsp3) is 0.105. The van der Waals surface area contributed by atoms with E-state index >= 15 is 0 Å². The molecule has 26 heavy (non-hydrogen) atoms. The third-order valence-corrected chi connectivity index (χ3v) is 3.59. The molecule has 0 aliphatic carbocycles. The minimum atomic E-state index is -1.10. The van der Waals surface area contributed by atoms with Crippen LogP contribution in [0.2, 0.25) is 0 Å². The molecule has 0 fully saturated rings. The molecule has 0 atom stereocenters. The fourth-order valence-electron chi connectivity index (χ4n) is 2.40. The fourth-order valence-corrected chi connectivity index (χ4v) is 2.40. The zero-order chi connectivity index (χ0) is 18.8. The zero-order valence-electron chi connectivity index (χ0n) is 13.5. The Hall–Kier alpha value is -3.09. The summed E-state index contributed by atoms with van der Waals surface area (Å²) in [6, 6.07) is 7.59. The predicted molar refractivity (Wildman–Crippen MR) is 86.3 cm³/mol. The first-order valence-electron chi connectivity index (χ1n) is 7.62. The van der Waals surface area contributed by atoms with E-state index in [1.807, 2.05) is 0 Å². The molecule has 7 heteroatoms. The van der Waals surface area contributed by atoms with Crippen molar-refractivity contribution in [2.24, 2.45) is 0 Å². The van der Waals surface area contributed by atoms with Gasteiger partial charge in [-0.2, -0.15) is 0 Å². The molecule has 0 bridgehead atoms.